The summed E-state index contributed by atoms with van der Waals surface area (Å²) in [6.07, 6.45) is -0.791. The van der Waals surface area contributed by atoms with Crippen molar-refractivity contribution >= 4 is 11.8 Å². The SMILES string of the molecule is CC(=O)C1=C(O)C(=O)OC1c1ccccc1C. The second-order valence-corrected chi connectivity index (χ2v) is 3.96. The standard InChI is InChI=1S/C13H12O4/c1-7-5-3-4-6-9(7)12-10(8(2)14)11(15)13(16)17-12/h3-6,12,15H,1-2H3. The Hall–Kier alpha value is -2.10. The van der Waals surface area contributed by atoms with E-state index in [4.69, 9.17) is 4.74 Å². The van der Waals surface area contributed by atoms with Crippen LogP contribution >= 0.6 is 0 Å². The van der Waals surface area contributed by atoms with Crippen LogP contribution in [0, 0.1) is 6.92 Å². The molecule has 0 amide bonds. The molecule has 88 valence electrons. The predicted molar refractivity (Wildman–Crippen MR) is 60.3 cm³/mol. The number of esters is 1. The number of aliphatic hydroxyl groups is 1. The molecule has 1 aromatic rings. The highest BCUT2D eigenvalue weighted by atomic mass is 16.6. The number of ketones is 1. The van der Waals surface area contributed by atoms with E-state index in [0.717, 1.165) is 11.1 Å². The van der Waals surface area contributed by atoms with Gasteiger partial charge in [0.05, 0.1) is 5.57 Å². The zero-order valence-electron chi connectivity index (χ0n) is 9.56. The van der Waals surface area contributed by atoms with Gasteiger partial charge in [-0.15, -0.1) is 0 Å². The van der Waals surface area contributed by atoms with Crippen molar-refractivity contribution in [1.82, 2.24) is 0 Å². The number of hydrogen-bond acceptors (Lipinski definition) is 4. The van der Waals surface area contributed by atoms with Gasteiger partial charge < -0.3 is 9.84 Å². The fraction of sp³-hybridized carbons (Fsp3) is 0.231. The monoisotopic (exact) mass is 232 g/mol. The number of Topliss-reactive ketones (excluding diaryl/α,β-unsaturated/α-hetero) is 1. The number of ether oxygens (including phenoxy) is 1. The van der Waals surface area contributed by atoms with E-state index in [2.05, 4.69) is 0 Å². The lowest BCUT2D eigenvalue weighted by Crippen LogP contribution is -2.09. The molecule has 1 unspecified atom stereocenters. The lowest BCUT2D eigenvalue weighted by Gasteiger charge is -2.14. The van der Waals surface area contributed by atoms with Crippen LogP contribution in [0.5, 0.6) is 0 Å². The summed E-state index contributed by atoms with van der Waals surface area (Å²) in [4.78, 5) is 22.7. The summed E-state index contributed by atoms with van der Waals surface area (Å²) in [5.74, 6) is -1.78. The Labute approximate surface area is 98.5 Å². The number of hydrogen-bond donors (Lipinski definition) is 1. The zero-order chi connectivity index (χ0) is 12.6. The fourth-order valence-electron chi connectivity index (χ4n) is 1.91. The molecule has 1 aliphatic heterocycles. The van der Waals surface area contributed by atoms with Crippen LogP contribution in [0.15, 0.2) is 35.6 Å². The van der Waals surface area contributed by atoms with Gasteiger partial charge in [0.25, 0.3) is 0 Å². The number of aliphatic hydroxyl groups excluding tert-OH is 1. The molecule has 1 aromatic carbocycles. The minimum absolute atomic E-state index is 0.0318. The van der Waals surface area contributed by atoms with Gasteiger partial charge in [-0.3, -0.25) is 4.79 Å². The van der Waals surface area contributed by atoms with E-state index in [1.165, 1.54) is 6.92 Å². The average molecular weight is 232 g/mol. The highest BCUT2D eigenvalue weighted by Gasteiger charge is 2.38. The van der Waals surface area contributed by atoms with Gasteiger partial charge in [-0.2, -0.15) is 0 Å². The summed E-state index contributed by atoms with van der Waals surface area (Å²) in [6.45, 7) is 3.16. The Morgan fingerprint density at radius 2 is 2.00 bits per heavy atom. The Morgan fingerprint density at radius 3 is 2.59 bits per heavy atom. The van der Waals surface area contributed by atoms with Gasteiger partial charge in [0, 0.05) is 5.56 Å². The van der Waals surface area contributed by atoms with Gasteiger partial charge >= 0.3 is 5.97 Å². The number of cyclic esters (lactones) is 1. The van der Waals surface area contributed by atoms with Crippen LogP contribution < -0.4 is 0 Å². The smallest absolute Gasteiger partial charge is 0.374 e. The van der Waals surface area contributed by atoms with E-state index in [9.17, 15) is 14.7 Å². The van der Waals surface area contributed by atoms with Crippen molar-refractivity contribution in [2.24, 2.45) is 0 Å². The molecule has 0 saturated carbocycles. The summed E-state index contributed by atoms with van der Waals surface area (Å²) in [5, 5.41) is 9.53. The Kier molecular flexibility index (Phi) is 2.71. The summed E-state index contributed by atoms with van der Waals surface area (Å²) in [7, 11) is 0. The van der Waals surface area contributed by atoms with Crippen molar-refractivity contribution in [3.8, 4) is 0 Å². The van der Waals surface area contributed by atoms with Crippen LogP contribution in [0.2, 0.25) is 0 Å². The summed E-state index contributed by atoms with van der Waals surface area (Å²) in [6, 6.07) is 7.28. The van der Waals surface area contributed by atoms with Crippen molar-refractivity contribution in [2.45, 2.75) is 20.0 Å². The summed E-state index contributed by atoms with van der Waals surface area (Å²) >= 11 is 0. The van der Waals surface area contributed by atoms with E-state index in [1.54, 1.807) is 12.1 Å². The third-order valence-corrected chi connectivity index (χ3v) is 2.79. The van der Waals surface area contributed by atoms with Crippen molar-refractivity contribution in [1.29, 1.82) is 0 Å². The van der Waals surface area contributed by atoms with E-state index < -0.39 is 17.8 Å². The Balaban J connectivity index is 2.52. The first-order valence-corrected chi connectivity index (χ1v) is 5.23. The van der Waals surface area contributed by atoms with Crippen molar-refractivity contribution in [2.75, 3.05) is 0 Å². The van der Waals surface area contributed by atoms with Crippen LogP contribution in [-0.2, 0) is 14.3 Å². The molecule has 1 atom stereocenters. The molecule has 4 nitrogen and oxygen atoms in total. The van der Waals surface area contributed by atoms with Crippen LogP contribution in [0.3, 0.4) is 0 Å². The lowest BCUT2D eigenvalue weighted by atomic mass is 9.96. The molecule has 17 heavy (non-hydrogen) atoms. The number of benzene rings is 1. The molecule has 0 aromatic heterocycles. The molecule has 4 heteroatoms. The maximum Gasteiger partial charge on any atom is 0.374 e. The molecule has 1 N–H and O–H groups in total. The van der Waals surface area contributed by atoms with Crippen molar-refractivity contribution in [3.63, 3.8) is 0 Å². The third kappa shape index (κ3) is 1.82. The molecule has 0 radical (unpaired) electrons. The Bertz CT molecular complexity index is 528. The average Bonchev–Trinajstić information content (AvgIpc) is 2.56. The highest BCUT2D eigenvalue weighted by molar-refractivity contribution is 6.05. The third-order valence-electron chi connectivity index (χ3n) is 2.79. The molecule has 0 saturated heterocycles. The van der Waals surface area contributed by atoms with Crippen molar-refractivity contribution < 1.29 is 19.4 Å². The van der Waals surface area contributed by atoms with E-state index in [0.29, 0.717) is 0 Å². The fourth-order valence-corrected chi connectivity index (χ4v) is 1.91. The molecular weight excluding hydrogens is 220 g/mol. The minimum Gasteiger partial charge on any atom is -0.501 e. The van der Waals surface area contributed by atoms with Gasteiger partial charge in [-0.25, -0.2) is 4.79 Å². The van der Waals surface area contributed by atoms with Gasteiger partial charge in [0.1, 0.15) is 0 Å². The topological polar surface area (TPSA) is 63.6 Å². The van der Waals surface area contributed by atoms with Gasteiger partial charge in [0.2, 0.25) is 5.76 Å². The molecule has 0 aliphatic carbocycles. The maximum atomic E-state index is 11.4. The summed E-state index contributed by atoms with van der Waals surface area (Å²) < 4.78 is 5.03. The Morgan fingerprint density at radius 1 is 1.35 bits per heavy atom. The molecule has 0 fully saturated rings. The quantitative estimate of drug-likeness (QED) is 0.792. The number of rotatable bonds is 2. The normalized spacial score (nSPS) is 19.4. The molecule has 0 bridgehead atoms. The number of carbonyl (C=O) groups excluding carboxylic acids is 2. The first-order valence-electron chi connectivity index (χ1n) is 5.23. The zero-order valence-corrected chi connectivity index (χ0v) is 9.56. The molecule has 2 rings (SSSR count). The minimum atomic E-state index is -0.844. The highest BCUT2D eigenvalue weighted by Crippen LogP contribution is 2.35. The van der Waals surface area contributed by atoms with Crippen LogP contribution in [0.25, 0.3) is 0 Å². The van der Waals surface area contributed by atoms with Crippen LogP contribution in [-0.4, -0.2) is 16.9 Å². The van der Waals surface area contributed by atoms with E-state index in [1.807, 2.05) is 19.1 Å². The maximum absolute atomic E-state index is 11.4. The summed E-state index contributed by atoms with van der Waals surface area (Å²) in [5.41, 5.74) is 1.65. The largest absolute Gasteiger partial charge is 0.501 e. The van der Waals surface area contributed by atoms with Crippen LogP contribution in [0.4, 0.5) is 0 Å². The first kappa shape index (κ1) is 11.4. The number of carbonyl (C=O) groups is 2. The number of aryl methyl sites for hydroxylation is 1. The first-order chi connectivity index (χ1) is 8.02. The van der Waals surface area contributed by atoms with Crippen molar-refractivity contribution in [3.05, 3.63) is 46.7 Å². The van der Waals surface area contributed by atoms with Gasteiger partial charge in [0.15, 0.2) is 11.9 Å². The van der Waals surface area contributed by atoms with Gasteiger partial charge in [-0.05, 0) is 19.4 Å². The molecule has 0 spiro atoms. The van der Waals surface area contributed by atoms with E-state index >= 15 is 0 Å². The second kappa shape index (κ2) is 4.05. The molecule has 1 heterocycles. The predicted octanol–water partition coefficient (Wildman–Crippen LogP) is 1.99. The van der Waals surface area contributed by atoms with E-state index in [-0.39, 0.29) is 11.4 Å². The molecular formula is C13H12O4. The second-order valence-electron chi connectivity index (χ2n) is 3.96. The van der Waals surface area contributed by atoms with Gasteiger partial charge in [-0.1, -0.05) is 24.3 Å². The van der Waals surface area contributed by atoms with Crippen LogP contribution in [0.1, 0.15) is 24.2 Å². The lowest BCUT2D eigenvalue weighted by molar-refractivity contribution is -0.142. The molecule has 1 aliphatic rings.